The second-order valence-electron chi connectivity index (χ2n) is 21.5. The van der Waals surface area contributed by atoms with Crippen LogP contribution in [0.4, 0.5) is 30.7 Å². The van der Waals surface area contributed by atoms with Gasteiger partial charge < -0.3 is 10.2 Å². The van der Waals surface area contributed by atoms with Crippen LogP contribution in [0.3, 0.4) is 0 Å². The lowest BCUT2D eigenvalue weighted by molar-refractivity contribution is -0.142. The molecule has 2 aliphatic rings. The molecular weight excluding hydrogens is 1070 g/mol. The quantitative estimate of drug-likeness (QED) is 0.0360. The molecule has 2 saturated carbocycles. The topological polar surface area (TPSA) is 279 Å². The van der Waals surface area contributed by atoms with Gasteiger partial charge in [-0.1, -0.05) is 124 Å². The standard InChI is InChI=1S/C14H26.C8H16O2.C7H12F2O.C5H10F3NO2S.C4H8F2O3S.C4H11NO3S.C4H10O3S/c1-6-14-8-7-11(13(14,4)5)9-12(14)10(2)3;1-6(2)8(4-5-9)7(3)10;1-5(2)4-7(8,9)6(3)10;1-4(2)3-9-12(10,11)5(6,7)8;1-3(2)4(5,6)10(7,8)9;1-4(2)3-5-9(6,7)8;1-4(2)3-8(5,6)7/h10-12H,6-9H2,1-5H3;6,8-10H,3-5H2,1-2H3;5H,4H2,1-3H3;4,9H,3H2,1-2H3;3H,1-2H3,(H,7,8,9);4-5H,3H2,1-2H3,(H,6,7,8);4H,3H2,1-2H3,(H,5,6,7). The summed E-state index contributed by atoms with van der Waals surface area (Å²) in [5.74, 6) is -2.29. The van der Waals surface area contributed by atoms with E-state index in [4.69, 9.17) is 23.9 Å². The molecule has 0 aliphatic heterocycles. The number of rotatable bonds is 19. The largest absolute Gasteiger partial charge is 0.513 e. The summed E-state index contributed by atoms with van der Waals surface area (Å²) >= 11 is 0. The number of hydrogen-bond acceptors (Lipinski definition) is 11. The van der Waals surface area contributed by atoms with E-state index in [1.54, 1.807) is 41.5 Å². The molecule has 4 unspecified atom stereocenters. The number of allylic oxidation sites excluding steroid dienone is 1. The van der Waals surface area contributed by atoms with E-state index >= 15 is 0 Å². The highest BCUT2D eigenvalue weighted by molar-refractivity contribution is 7.90. The van der Waals surface area contributed by atoms with Crippen molar-refractivity contribution < 1.29 is 93.1 Å². The highest BCUT2D eigenvalue weighted by Crippen LogP contribution is 2.71. The van der Waals surface area contributed by atoms with Crippen LogP contribution < -0.4 is 9.44 Å². The van der Waals surface area contributed by atoms with E-state index in [0.29, 0.717) is 23.2 Å². The molecule has 2 rings (SSSR count). The van der Waals surface area contributed by atoms with Gasteiger partial charge in [0.05, 0.1) is 11.5 Å². The average molecular weight is 1160 g/mol. The first kappa shape index (κ1) is 80.1. The number of alkyl halides is 7. The molecule has 2 aliphatic carbocycles. The molecule has 7 N–H and O–H groups in total. The van der Waals surface area contributed by atoms with E-state index in [0.717, 1.165) is 38.5 Å². The zero-order valence-electron chi connectivity index (χ0n) is 46.2. The Bertz CT molecular complexity index is 2030. The zero-order valence-corrected chi connectivity index (χ0v) is 49.5. The van der Waals surface area contributed by atoms with Gasteiger partial charge in [0.1, 0.15) is 0 Å². The molecule has 0 saturated heterocycles. The van der Waals surface area contributed by atoms with Crippen LogP contribution >= 0.6 is 0 Å². The first-order valence-electron chi connectivity index (χ1n) is 24.1. The molecule has 444 valence electrons. The molecule has 2 fully saturated rings. The number of nitrogens with one attached hydrogen (secondary N) is 2. The Hall–Kier alpha value is -1.72. The third-order valence-electron chi connectivity index (χ3n) is 12.0. The van der Waals surface area contributed by atoms with Crippen molar-refractivity contribution in [3.63, 3.8) is 0 Å². The van der Waals surface area contributed by atoms with Crippen LogP contribution in [0, 0.1) is 70.0 Å². The van der Waals surface area contributed by atoms with Crippen molar-refractivity contribution in [1.82, 2.24) is 9.44 Å². The van der Waals surface area contributed by atoms with Crippen molar-refractivity contribution >= 4 is 46.3 Å². The second kappa shape index (κ2) is 33.5. The average Bonchev–Trinajstić information content (AvgIpc) is 3.55. The number of aliphatic hydroxyl groups is 2. The molecular formula is C46H93F7N2O14S4. The third kappa shape index (κ3) is 33.2. The van der Waals surface area contributed by atoms with Crippen LogP contribution in [0.1, 0.15) is 163 Å². The molecule has 0 aromatic heterocycles. The monoisotopic (exact) mass is 1160 g/mol. The Morgan fingerprint density at radius 2 is 1.15 bits per heavy atom. The van der Waals surface area contributed by atoms with Gasteiger partial charge in [0, 0.05) is 44.9 Å². The molecule has 0 spiro atoms. The molecule has 0 radical (unpaired) electrons. The van der Waals surface area contributed by atoms with Crippen LogP contribution in [0.15, 0.2) is 12.3 Å². The lowest BCUT2D eigenvalue weighted by Gasteiger charge is -2.44. The number of carbonyl (C=O) groups excluding carboxylic acids is 1. The minimum atomic E-state index is -5.23. The number of carbonyl (C=O) groups is 1. The van der Waals surface area contributed by atoms with E-state index in [1.165, 1.54) is 30.4 Å². The molecule has 4 atom stereocenters. The van der Waals surface area contributed by atoms with Crippen LogP contribution in [0.5, 0.6) is 0 Å². The number of aliphatic hydroxyl groups excluding tert-OH is 2. The van der Waals surface area contributed by atoms with Crippen LogP contribution in [-0.4, -0.2) is 105 Å². The number of sulfonamides is 1. The van der Waals surface area contributed by atoms with Crippen molar-refractivity contribution in [3.8, 4) is 0 Å². The van der Waals surface area contributed by atoms with Gasteiger partial charge in [-0.25, -0.2) is 13.1 Å². The normalized spacial score (nSPS) is 19.3. The van der Waals surface area contributed by atoms with E-state index < -0.39 is 69.0 Å². The highest BCUT2D eigenvalue weighted by Gasteiger charge is 2.63. The number of hydrogen-bond donors (Lipinski definition) is 7. The van der Waals surface area contributed by atoms with Gasteiger partial charge >= 0.3 is 47.1 Å². The van der Waals surface area contributed by atoms with Crippen molar-refractivity contribution in [2.24, 2.45) is 70.0 Å². The summed E-state index contributed by atoms with van der Waals surface area (Å²) in [6, 6.07) is 0. The minimum Gasteiger partial charge on any atom is -0.513 e. The molecule has 27 heteroatoms. The Morgan fingerprint density at radius 3 is 1.30 bits per heavy atom. The summed E-state index contributed by atoms with van der Waals surface area (Å²) in [6.45, 7) is 36.6. The second-order valence-corrected chi connectivity index (χ2v) is 27.5. The van der Waals surface area contributed by atoms with Gasteiger partial charge in [-0.2, -0.15) is 60.7 Å². The van der Waals surface area contributed by atoms with Gasteiger partial charge in [0.15, 0.2) is 5.78 Å². The van der Waals surface area contributed by atoms with E-state index in [9.17, 15) is 69.2 Å². The van der Waals surface area contributed by atoms with Gasteiger partial charge in [-0.15, -0.1) is 0 Å². The van der Waals surface area contributed by atoms with Crippen LogP contribution in [0.2, 0.25) is 0 Å². The summed E-state index contributed by atoms with van der Waals surface area (Å²) in [4.78, 5) is 10.3. The zero-order chi connectivity index (χ0) is 59.9. The predicted molar refractivity (Wildman–Crippen MR) is 274 cm³/mol. The predicted octanol–water partition coefficient (Wildman–Crippen LogP) is 11.2. The fourth-order valence-corrected chi connectivity index (χ4v) is 10.7. The Morgan fingerprint density at radius 1 is 0.726 bits per heavy atom. The number of fused-ring (bicyclic) bond motifs is 2. The van der Waals surface area contributed by atoms with Gasteiger partial charge in [0.2, 0.25) is 0 Å². The van der Waals surface area contributed by atoms with E-state index in [2.05, 4.69) is 41.2 Å². The summed E-state index contributed by atoms with van der Waals surface area (Å²) in [5, 5.41) is 13.6. The highest BCUT2D eigenvalue weighted by atomic mass is 32.2. The first-order valence-corrected chi connectivity index (χ1v) is 30.0. The fraction of sp³-hybridized carbons (Fsp3) is 0.935. The third-order valence-corrected chi connectivity index (χ3v) is 15.9. The van der Waals surface area contributed by atoms with Gasteiger partial charge in [0.25, 0.3) is 10.1 Å². The molecule has 0 heterocycles. The van der Waals surface area contributed by atoms with Gasteiger partial charge in [-0.05, 0) is 90.3 Å². The maximum atomic E-state index is 12.4. The van der Waals surface area contributed by atoms with E-state index in [1.807, 2.05) is 32.4 Å². The number of ketones is 1. The Kier molecular flexibility index (Phi) is 36.8. The lowest BCUT2D eigenvalue weighted by Crippen LogP contribution is -2.38. The molecule has 0 aromatic rings. The van der Waals surface area contributed by atoms with Crippen molar-refractivity contribution in [3.05, 3.63) is 12.3 Å². The summed E-state index contributed by atoms with van der Waals surface area (Å²) in [7, 11) is -18.1. The Balaban J connectivity index is -0.000000248. The van der Waals surface area contributed by atoms with Crippen LogP contribution in [-0.2, 0) is 45.4 Å². The van der Waals surface area contributed by atoms with Crippen molar-refractivity contribution in [2.45, 2.75) is 180 Å². The molecule has 0 aromatic carbocycles. The maximum absolute atomic E-state index is 12.4. The smallest absolute Gasteiger partial charge is 0.511 e. The Labute approximate surface area is 434 Å². The number of halogens is 7. The minimum absolute atomic E-state index is 0.00463. The van der Waals surface area contributed by atoms with Gasteiger partial charge in [-0.3, -0.25) is 18.5 Å². The fourth-order valence-electron chi connectivity index (χ4n) is 7.96. The summed E-state index contributed by atoms with van der Waals surface area (Å²) in [6.07, 6.45) is 6.18. The number of Topliss-reactive ketones (excluding diaryl/α,β-unsaturated/α-hetero) is 1. The molecule has 73 heavy (non-hydrogen) atoms. The first-order chi connectivity index (χ1) is 32.1. The molecule has 0 amide bonds. The molecule has 16 nitrogen and oxygen atoms in total. The van der Waals surface area contributed by atoms with Crippen LogP contribution in [0.25, 0.3) is 0 Å². The van der Waals surface area contributed by atoms with Crippen molar-refractivity contribution in [2.75, 3.05) is 25.4 Å². The lowest BCUT2D eigenvalue weighted by atomic mass is 9.61. The van der Waals surface area contributed by atoms with Crippen molar-refractivity contribution in [1.29, 1.82) is 0 Å². The summed E-state index contributed by atoms with van der Waals surface area (Å²) < 4.78 is 192. The molecule has 2 bridgehead atoms. The summed E-state index contributed by atoms with van der Waals surface area (Å²) in [5.41, 5.74) is -3.90. The van der Waals surface area contributed by atoms with E-state index in [-0.39, 0.29) is 67.2 Å². The SMILES string of the molecule is C=C(O)C(CCO)C(C)C.CC(=O)C(F)(F)CC(C)C.CC(C)C(F)(F)S(=O)(=O)O.CC(C)CNS(=O)(=O)C(F)(F)F.CC(C)CNS(=O)(=O)O.CC(C)CS(=O)(=O)O.CCC12CCC(CC1C(C)C)C2(C)C. The maximum Gasteiger partial charge on any atom is 0.511 e.